The number of aliphatic hydroxyl groups excluding tert-OH is 1. The van der Waals surface area contributed by atoms with Crippen molar-refractivity contribution >= 4 is 11.3 Å². The van der Waals surface area contributed by atoms with E-state index in [1.54, 1.807) is 17.5 Å². The van der Waals surface area contributed by atoms with Gasteiger partial charge in [-0.25, -0.2) is 4.98 Å². The summed E-state index contributed by atoms with van der Waals surface area (Å²) < 4.78 is 0. The molecule has 0 aliphatic rings. The van der Waals surface area contributed by atoms with E-state index in [4.69, 9.17) is 5.11 Å². The Morgan fingerprint density at radius 3 is 2.93 bits per heavy atom. The minimum atomic E-state index is 0.153. The highest BCUT2D eigenvalue weighted by molar-refractivity contribution is 7.15. The van der Waals surface area contributed by atoms with Crippen molar-refractivity contribution in [2.45, 2.75) is 12.8 Å². The molecule has 0 aliphatic heterocycles. The second-order valence-corrected chi connectivity index (χ2v) is 4.43. The van der Waals surface area contributed by atoms with Crippen LogP contribution >= 0.6 is 11.3 Å². The second-order valence-electron chi connectivity index (χ2n) is 3.37. The van der Waals surface area contributed by atoms with E-state index in [0.717, 1.165) is 15.6 Å². The summed E-state index contributed by atoms with van der Waals surface area (Å²) in [6, 6.07) is 5.76. The first-order valence-electron chi connectivity index (χ1n) is 4.79. The van der Waals surface area contributed by atoms with Gasteiger partial charge in [-0.2, -0.15) is 0 Å². The summed E-state index contributed by atoms with van der Waals surface area (Å²) in [6.07, 6.45) is 3.57. The molecule has 2 aromatic heterocycles. The van der Waals surface area contributed by atoms with E-state index >= 15 is 0 Å². The first kappa shape index (κ1) is 10.3. The predicted octanol–water partition coefficient (Wildman–Crippen LogP) is 2.30. The van der Waals surface area contributed by atoms with Gasteiger partial charge in [0, 0.05) is 23.2 Å². The predicted molar refractivity (Wildman–Crippen MR) is 60.8 cm³/mol. The van der Waals surface area contributed by atoms with Gasteiger partial charge in [-0.1, -0.05) is 13.0 Å². The van der Waals surface area contributed by atoms with Gasteiger partial charge in [-0.05, 0) is 12.1 Å². The van der Waals surface area contributed by atoms with Crippen molar-refractivity contribution in [1.29, 1.82) is 0 Å². The number of hydrogen-bond acceptors (Lipinski definition) is 4. The summed E-state index contributed by atoms with van der Waals surface area (Å²) in [5.41, 5.74) is 0.888. The lowest BCUT2D eigenvalue weighted by Crippen LogP contribution is -1.94. The van der Waals surface area contributed by atoms with E-state index in [9.17, 15) is 0 Å². The molecule has 15 heavy (non-hydrogen) atoms. The van der Waals surface area contributed by atoms with Crippen molar-refractivity contribution in [3.05, 3.63) is 35.5 Å². The first-order valence-corrected chi connectivity index (χ1v) is 5.61. The van der Waals surface area contributed by atoms with Crippen LogP contribution in [0.2, 0.25) is 0 Å². The smallest absolute Gasteiger partial charge is 0.142 e. The van der Waals surface area contributed by atoms with Crippen LogP contribution in [0.5, 0.6) is 0 Å². The van der Waals surface area contributed by atoms with Gasteiger partial charge in [0.1, 0.15) is 5.01 Å². The van der Waals surface area contributed by atoms with Gasteiger partial charge in [0.15, 0.2) is 0 Å². The number of thiazole rings is 1. The average Bonchev–Trinajstić information content (AvgIpc) is 2.78. The van der Waals surface area contributed by atoms with Crippen molar-refractivity contribution in [3.8, 4) is 10.7 Å². The Morgan fingerprint density at radius 1 is 1.40 bits per heavy atom. The lowest BCUT2D eigenvalue weighted by atomic mass is 10.2. The molecule has 1 unspecified atom stereocenters. The van der Waals surface area contributed by atoms with Crippen molar-refractivity contribution in [1.82, 2.24) is 9.97 Å². The summed E-state index contributed by atoms with van der Waals surface area (Å²) in [7, 11) is 0. The molecule has 0 saturated carbocycles. The summed E-state index contributed by atoms with van der Waals surface area (Å²) in [5, 5.41) is 9.94. The molecule has 0 saturated heterocycles. The van der Waals surface area contributed by atoms with E-state index in [1.165, 1.54) is 0 Å². The molecule has 0 amide bonds. The number of rotatable bonds is 3. The monoisotopic (exact) mass is 220 g/mol. The standard InChI is InChI=1S/C11H12N2OS/c1-8(7-14)10-6-13-11(15-10)9-4-2-3-5-12-9/h2-6,8,14H,7H2,1H3. The molecular formula is C11H12N2OS. The van der Waals surface area contributed by atoms with Gasteiger partial charge in [0.05, 0.1) is 12.3 Å². The minimum Gasteiger partial charge on any atom is -0.396 e. The molecule has 78 valence electrons. The van der Waals surface area contributed by atoms with Gasteiger partial charge in [-0.3, -0.25) is 4.98 Å². The van der Waals surface area contributed by atoms with E-state index < -0.39 is 0 Å². The number of aliphatic hydroxyl groups is 1. The lowest BCUT2D eigenvalue weighted by Gasteiger charge is -2.01. The van der Waals surface area contributed by atoms with E-state index in [0.29, 0.717) is 0 Å². The Hall–Kier alpha value is -1.26. The summed E-state index contributed by atoms with van der Waals surface area (Å²) >= 11 is 1.59. The molecular weight excluding hydrogens is 208 g/mol. The minimum absolute atomic E-state index is 0.153. The van der Waals surface area contributed by atoms with Crippen LogP contribution in [0.25, 0.3) is 10.7 Å². The Balaban J connectivity index is 2.28. The number of pyridine rings is 1. The van der Waals surface area contributed by atoms with Crippen molar-refractivity contribution in [2.75, 3.05) is 6.61 Å². The Morgan fingerprint density at radius 2 is 2.27 bits per heavy atom. The van der Waals surface area contributed by atoms with Crippen molar-refractivity contribution < 1.29 is 5.11 Å². The van der Waals surface area contributed by atoms with E-state index in [-0.39, 0.29) is 12.5 Å². The van der Waals surface area contributed by atoms with Gasteiger partial charge < -0.3 is 5.11 Å². The molecule has 2 rings (SSSR count). The van der Waals surface area contributed by atoms with Crippen LogP contribution in [0, 0.1) is 0 Å². The Labute approximate surface area is 92.5 Å². The molecule has 4 heteroatoms. The average molecular weight is 220 g/mol. The van der Waals surface area contributed by atoms with Crippen LogP contribution in [0.4, 0.5) is 0 Å². The maximum absolute atomic E-state index is 9.03. The maximum atomic E-state index is 9.03. The molecule has 1 atom stereocenters. The molecule has 0 bridgehead atoms. The fourth-order valence-corrected chi connectivity index (χ4v) is 2.15. The molecule has 0 fully saturated rings. The normalized spacial score (nSPS) is 12.7. The first-order chi connectivity index (χ1) is 7.31. The third-order valence-corrected chi connectivity index (χ3v) is 3.42. The van der Waals surface area contributed by atoms with E-state index in [2.05, 4.69) is 9.97 Å². The second kappa shape index (κ2) is 4.51. The molecule has 0 aromatic carbocycles. The summed E-state index contributed by atoms with van der Waals surface area (Å²) in [5.74, 6) is 0.153. The van der Waals surface area contributed by atoms with Crippen LogP contribution in [0.3, 0.4) is 0 Å². The highest BCUT2D eigenvalue weighted by Gasteiger charge is 2.10. The Bertz CT molecular complexity index is 427. The molecule has 3 nitrogen and oxygen atoms in total. The zero-order valence-electron chi connectivity index (χ0n) is 8.42. The molecule has 2 heterocycles. The largest absolute Gasteiger partial charge is 0.396 e. The third-order valence-electron chi connectivity index (χ3n) is 2.17. The van der Waals surface area contributed by atoms with Crippen molar-refractivity contribution in [2.24, 2.45) is 0 Å². The highest BCUT2D eigenvalue weighted by Crippen LogP contribution is 2.27. The summed E-state index contributed by atoms with van der Waals surface area (Å²) in [4.78, 5) is 9.63. The van der Waals surface area contributed by atoms with Crippen LogP contribution < -0.4 is 0 Å². The zero-order valence-corrected chi connectivity index (χ0v) is 9.24. The quantitative estimate of drug-likeness (QED) is 0.863. The summed E-state index contributed by atoms with van der Waals surface area (Å²) in [6.45, 7) is 2.14. The zero-order chi connectivity index (χ0) is 10.7. The fourth-order valence-electron chi connectivity index (χ4n) is 1.21. The van der Waals surface area contributed by atoms with Gasteiger partial charge >= 0.3 is 0 Å². The Kier molecular flexibility index (Phi) is 3.08. The molecule has 1 N–H and O–H groups in total. The number of nitrogens with zero attached hydrogens (tertiary/aromatic N) is 2. The SMILES string of the molecule is CC(CO)c1cnc(-c2ccccn2)s1. The van der Waals surface area contributed by atoms with Gasteiger partial charge in [0.2, 0.25) is 0 Å². The molecule has 0 spiro atoms. The molecule has 0 radical (unpaired) electrons. The number of aromatic nitrogens is 2. The lowest BCUT2D eigenvalue weighted by molar-refractivity contribution is 0.274. The number of hydrogen-bond donors (Lipinski definition) is 1. The van der Waals surface area contributed by atoms with Crippen LogP contribution in [0.1, 0.15) is 17.7 Å². The van der Waals surface area contributed by atoms with Gasteiger partial charge in [-0.15, -0.1) is 11.3 Å². The van der Waals surface area contributed by atoms with Crippen LogP contribution in [-0.4, -0.2) is 21.7 Å². The highest BCUT2D eigenvalue weighted by atomic mass is 32.1. The van der Waals surface area contributed by atoms with Crippen LogP contribution in [0.15, 0.2) is 30.6 Å². The third kappa shape index (κ3) is 2.22. The van der Waals surface area contributed by atoms with Crippen LogP contribution in [-0.2, 0) is 0 Å². The van der Waals surface area contributed by atoms with Crippen molar-refractivity contribution in [3.63, 3.8) is 0 Å². The fraction of sp³-hybridized carbons (Fsp3) is 0.273. The molecule has 0 aliphatic carbocycles. The maximum Gasteiger partial charge on any atom is 0.142 e. The molecule has 2 aromatic rings. The van der Waals surface area contributed by atoms with Gasteiger partial charge in [0.25, 0.3) is 0 Å². The topological polar surface area (TPSA) is 46.0 Å². The van der Waals surface area contributed by atoms with E-state index in [1.807, 2.05) is 31.3 Å².